The van der Waals surface area contributed by atoms with E-state index in [1.54, 1.807) is 30.8 Å². The van der Waals surface area contributed by atoms with Gasteiger partial charge < -0.3 is 14.8 Å². The van der Waals surface area contributed by atoms with Crippen molar-refractivity contribution < 1.29 is 24.3 Å². The van der Waals surface area contributed by atoms with E-state index in [1.165, 1.54) is 0 Å². The lowest BCUT2D eigenvalue weighted by Crippen LogP contribution is -2.26. The van der Waals surface area contributed by atoms with Crippen LogP contribution in [0.5, 0.6) is 5.75 Å². The van der Waals surface area contributed by atoms with Crippen LogP contribution >= 0.6 is 0 Å². The first-order valence-electron chi connectivity index (χ1n) is 8.59. The number of rotatable bonds is 4. The second-order valence-electron chi connectivity index (χ2n) is 6.25. The summed E-state index contributed by atoms with van der Waals surface area (Å²) in [6, 6.07) is 12.3. The number of nitrogens with zero attached hydrogens (tertiary/aromatic N) is 1. The minimum absolute atomic E-state index is 0.0781. The number of likely N-dealkylation sites (N-methyl/N-ethyl adjacent to an activating group) is 1. The Labute approximate surface area is 163 Å². The van der Waals surface area contributed by atoms with Gasteiger partial charge in [-0.05, 0) is 48.5 Å². The van der Waals surface area contributed by atoms with Crippen molar-refractivity contribution in [2.75, 3.05) is 26.0 Å². The molecular weight excluding hydrogens is 362 g/mol. The summed E-state index contributed by atoms with van der Waals surface area (Å²) in [5.41, 5.74) is 4.50. The zero-order chi connectivity index (χ0) is 20.5. The van der Waals surface area contributed by atoms with E-state index in [4.69, 9.17) is 9.94 Å². The predicted molar refractivity (Wildman–Crippen MR) is 103 cm³/mol. The summed E-state index contributed by atoms with van der Waals surface area (Å²) in [4.78, 5) is 34.7. The monoisotopic (exact) mass is 385 g/mol. The van der Waals surface area contributed by atoms with Crippen molar-refractivity contribution in [3.63, 3.8) is 0 Å². The van der Waals surface area contributed by atoms with Gasteiger partial charge in [-0.3, -0.25) is 19.7 Å². The topological polar surface area (TPSA) is 108 Å². The maximum absolute atomic E-state index is 11.5. The van der Waals surface area contributed by atoms with Gasteiger partial charge in [0, 0.05) is 24.2 Å². The lowest BCUT2D eigenvalue weighted by molar-refractivity contribution is -0.117. The average Bonchev–Trinajstić information content (AvgIpc) is 2.84. The number of hydrogen-bond donors (Lipinski definition) is 3. The number of methoxy groups -OCH3 is 1. The van der Waals surface area contributed by atoms with Crippen LogP contribution in [0.15, 0.2) is 42.5 Å². The zero-order valence-corrected chi connectivity index (χ0v) is 15.8. The van der Waals surface area contributed by atoms with Crippen molar-refractivity contribution in [2.24, 2.45) is 0 Å². The Hall–Kier alpha value is -3.23. The van der Waals surface area contributed by atoms with Gasteiger partial charge in [-0.15, -0.1) is 0 Å². The molecule has 0 fully saturated rings. The van der Waals surface area contributed by atoms with E-state index in [9.17, 15) is 14.4 Å². The third-order valence-electron chi connectivity index (χ3n) is 4.07. The lowest BCUT2D eigenvalue weighted by Gasteiger charge is -2.12. The highest BCUT2D eigenvalue weighted by Gasteiger charge is 2.17. The Balaban J connectivity index is 0.000000221. The fraction of sp³-hybridized carbons (Fsp3) is 0.250. The number of fused-ring (bicyclic) bond motifs is 1. The number of hydrogen-bond acceptors (Lipinski definition) is 6. The molecule has 0 aliphatic carbocycles. The van der Waals surface area contributed by atoms with Crippen LogP contribution < -0.4 is 15.5 Å². The molecule has 0 saturated heterocycles. The Morgan fingerprint density at radius 2 is 1.96 bits per heavy atom. The lowest BCUT2D eigenvalue weighted by atomic mass is 10.1. The number of amides is 2. The molecule has 2 aromatic rings. The summed E-state index contributed by atoms with van der Waals surface area (Å²) in [5.74, 6) is 0.177. The quantitative estimate of drug-likeness (QED) is 0.419. The normalized spacial score (nSPS) is 13.2. The smallest absolute Gasteiger partial charge is 0.274 e. The summed E-state index contributed by atoms with van der Waals surface area (Å²) >= 11 is 0. The first-order chi connectivity index (χ1) is 13.5. The van der Waals surface area contributed by atoms with Crippen LogP contribution in [0, 0.1) is 0 Å². The van der Waals surface area contributed by atoms with Crippen molar-refractivity contribution in [1.82, 2.24) is 10.4 Å². The largest absolute Gasteiger partial charge is 0.497 e. The molecule has 0 unspecified atom stereocenters. The van der Waals surface area contributed by atoms with E-state index in [2.05, 4.69) is 5.32 Å². The Morgan fingerprint density at radius 1 is 1.25 bits per heavy atom. The fourth-order valence-electron chi connectivity index (χ4n) is 2.69. The molecule has 1 aliphatic heterocycles. The van der Waals surface area contributed by atoms with Crippen molar-refractivity contribution in [3.8, 4) is 5.75 Å². The molecule has 8 nitrogen and oxygen atoms in total. The number of nitrogens with one attached hydrogen (secondary N) is 2. The number of ether oxygens (including phenoxy) is 1. The number of aldehydes is 1. The van der Waals surface area contributed by atoms with E-state index in [-0.39, 0.29) is 5.91 Å². The van der Waals surface area contributed by atoms with Gasteiger partial charge in [0.2, 0.25) is 5.91 Å². The highest BCUT2D eigenvalue weighted by molar-refractivity contribution is 5.97. The van der Waals surface area contributed by atoms with Gasteiger partial charge >= 0.3 is 0 Å². The molecule has 3 N–H and O–H groups in total. The molecule has 3 rings (SSSR count). The van der Waals surface area contributed by atoms with Gasteiger partial charge in [0.05, 0.1) is 13.7 Å². The summed E-state index contributed by atoms with van der Waals surface area (Å²) in [6.45, 7) is 0.886. The summed E-state index contributed by atoms with van der Waals surface area (Å²) in [5, 5.41) is 11.3. The van der Waals surface area contributed by atoms with Gasteiger partial charge in [-0.2, -0.15) is 0 Å². The maximum atomic E-state index is 11.5. The minimum atomic E-state index is -0.564. The number of benzene rings is 2. The second-order valence-corrected chi connectivity index (χ2v) is 6.25. The molecule has 2 aromatic carbocycles. The molecule has 8 heteroatoms. The van der Waals surface area contributed by atoms with Crippen LogP contribution in [0.25, 0.3) is 0 Å². The van der Waals surface area contributed by atoms with Gasteiger partial charge in [0.1, 0.15) is 12.0 Å². The molecule has 0 spiro atoms. The second kappa shape index (κ2) is 10.2. The van der Waals surface area contributed by atoms with Gasteiger partial charge in [0.15, 0.2) is 0 Å². The van der Waals surface area contributed by atoms with E-state index in [1.807, 2.05) is 36.2 Å². The summed E-state index contributed by atoms with van der Waals surface area (Å²) in [7, 11) is 3.45. The highest BCUT2D eigenvalue weighted by Crippen LogP contribution is 2.21. The Bertz CT molecular complexity index is 836. The predicted octanol–water partition coefficient (Wildman–Crippen LogP) is 1.63. The molecule has 0 saturated carbocycles. The molecule has 0 radical (unpaired) electrons. The molecule has 148 valence electrons. The van der Waals surface area contributed by atoms with E-state index < -0.39 is 5.91 Å². The van der Waals surface area contributed by atoms with Gasteiger partial charge in [-0.1, -0.05) is 12.1 Å². The van der Waals surface area contributed by atoms with Crippen molar-refractivity contribution in [2.45, 2.75) is 13.0 Å². The van der Waals surface area contributed by atoms with E-state index >= 15 is 0 Å². The molecule has 0 atom stereocenters. The molecule has 1 heterocycles. The van der Waals surface area contributed by atoms with Crippen LogP contribution in [0.3, 0.4) is 0 Å². The van der Waals surface area contributed by atoms with Gasteiger partial charge in [-0.25, -0.2) is 5.48 Å². The molecule has 28 heavy (non-hydrogen) atoms. The molecule has 0 bridgehead atoms. The van der Waals surface area contributed by atoms with Crippen LogP contribution in [0.2, 0.25) is 0 Å². The van der Waals surface area contributed by atoms with Crippen molar-refractivity contribution >= 4 is 23.8 Å². The van der Waals surface area contributed by atoms with Crippen molar-refractivity contribution in [1.29, 1.82) is 0 Å². The first kappa shape index (κ1) is 21.1. The fourth-order valence-corrected chi connectivity index (χ4v) is 2.69. The Kier molecular flexibility index (Phi) is 7.67. The van der Waals surface area contributed by atoms with Gasteiger partial charge in [0.25, 0.3) is 5.91 Å². The maximum Gasteiger partial charge on any atom is 0.274 e. The molecule has 0 aromatic heterocycles. The van der Waals surface area contributed by atoms with Crippen LogP contribution in [0.1, 0.15) is 21.5 Å². The minimum Gasteiger partial charge on any atom is -0.497 e. The highest BCUT2D eigenvalue weighted by atomic mass is 16.5. The van der Waals surface area contributed by atoms with E-state index in [0.29, 0.717) is 30.8 Å². The third kappa shape index (κ3) is 5.90. The van der Waals surface area contributed by atoms with Crippen LogP contribution in [-0.2, 0) is 22.6 Å². The summed E-state index contributed by atoms with van der Waals surface area (Å²) < 4.78 is 4.96. The number of carbonyl (C=O) groups excluding carboxylic acids is 3. The SMILES string of the molecule is CN1CC(=O)Nc2ccc(C(=O)NO)cc2C1.COc1ccc(CC=O)cc1. The Morgan fingerprint density at radius 3 is 2.57 bits per heavy atom. The standard InChI is InChI=1S/C11H13N3O3.C9H10O2/c1-14-5-8-4-7(11(16)13-17)2-3-9(8)12-10(15)6-14;1-11-9-4-2-8(3-5-9)6-7-10/h2-4,17H,5-6H2,1H3,(H,12,15)(H,13,16);2-5,7H,6H2,1H3. The van der Waals surface area contributed by atoms with Crippen LogP contribution in [-0.4, -0.2) is 48.9 Å². The molecular formula is C20H23N3O5. The van der Waals surface area contributed by atoms with Crippen LogP contribution in [0.4, 0.5) is 5.69 Å². The van der Waals surface area contributed by atoms with Crippen molar-refractivity contribution in [3.05, 3.63) is 59.2 Å². The number of carbonyl (C=O) groups is 3. The zero-order valence-electron chi connectivity index (χ0n) is 15.8. The molecule has 2 amide bonds. The van der Waals surface area contributed by atoms with E-state index in [0.717, 1.165) is 23.2 Å². The summed E-state index contributed by atoms with van der Waals surface area (Å²) in [6.07, 6.45) is 1.37. The molecule has 1 aliphatic rings. The number of anilines is 1. The number of hydroxylamine groups is 1. The third-order valence-corrected chi connectivity index (χ3v) is 4.07. The first-order valence-corrected chi connectivity index (χ1v) is 8.59. The average molecular weight is 385 g/mol.